The number of carbonyl (C=O) groups excluding carboxylic acids is 1. The predicted octanol–water partition coefficient (Wildman–Crippen LogP) is 4.00. The van der Waals surface area contributed by atoms with Gasteiger partial charge in [-0.3, -0.25) is 4.79 Å². The van der Waals surface area contributed by atoms with Gasteiger partial charge in [0, 0.05) is 17.6 Å². The number of anilines is 2. The molecule has 0 bridgehead atoms. The van der Waals surface area contributed by atoms with Gasteiger partial charge in [-0.15, -0.1) is 11.3 Å². The van der Waals surface area contributed by atoms with Crippen LogP contribution in [0.3, 0.4) is 0 Å². The molecule has 0 spiro atoms. The van der Waals surface area contributed by atoms with Crippen LogP contribution in [0.1, 0.15) is 21.6 Å². The fraction of sp³-hybridized carbons (Fsp3) is 0.316. The number of nitrogens with zero attached hydrogens (tertiary/aromatic N) is 3. The molecule has 0 aliphatic heterocycles. The van der Waals surface area contributed by atoms with E-state index < -0.39 is 0 Å². The van der Waals surface area contributed by atoms with Crippen LogP contribution in [-0.2, 0) is 4.79 Å². The number of rotatable bonds is 4. The number of fused-ring (bicyclic) bond motifs is 1. The molecule has 130 valence electrons. The SMILES string of the molecule is Cc1cccc(NC(=O)CN(C)c2ncnc3sc(C)c(C)c23)c1C. The molecule has 6 heteroatoms. The first-order valence-corrected chi connectivity index (χ1v) is 8.98. The Morgan fingerprint density at radius 1 is 1.16 bits per heavy atom. The molecule has 0 atom stereocenters. The molecule has 0 aliphatic carbocycles. The van der Waals surface area contributed by atoms with E-state index in [0.717, 1.165) is 32.8 Å². The molecule has 1 amide bonds. The Kier molecular flexibility index (Phi) is 4.72. The monoisotopic (exact) mass is 354 g/mol. The number of benzene rings is 1. The highest BCUT2D eigenvalue weighted by Crippen LogP contribution is 2.33. The third-order valence-corrected chi connectivity index (χ3v) is 5.68. The van der Waals surface area contributed by atoms with Gasteiger partial charge in [0.1, 0.15) is 17.0 Å². The first-order valence-electron chi connectivity index (χ1n) is 8.16. The lowest BCUT2D eigenvalue weighted by molar-refractivity contribution is -0.114. The van der Waals surface area contributed by atoms with Gasteiger partial charge in [-0.1, -0.05) is 12.1 Å². The van der Waals surface area contributed by atoms with Gasteiger partial charge in [0.05, 0.1) is 11.9 Å². The molecule has 0 fully saturated rings. The van der Waals surface area contributed by atoms with Crippen molar-refractivity contribution in [1.29, 1.82) is 0 Å². The second-order valence-corrected chi connectivity index (χ2v) is 7.52. The summed E-state index contributed by atoms with van der Waals surface area (Å²) in [6.07, 6.45) is 1.56. The summed E-state index contributed by atoms with van der Waals surface area (Å²) in [5.74, 6) is 0.732. The number of carbonyl (C=O) groups is 1. The smallest absolute Gasteiger partial charge is 0.243 e. The molecule has 3 rings (SSSR count). The lowest BCUT2D eigenvalue weighted by atomic mass is 10.1. The average molecular weight is 354 g/mol. The molecule has 2 aromatic heterocycles. The van der Waals surface area contributed by atoms with Crippen molar-refractivity contribution in [3.63, 3.8) is 0 Å². The normalized spacial score (nSPS) is 10.9. The molecule has 5 nitrogen and oxygen atoms in total. The maximum absolute atomic E-state index is 12.5. The Labute approximate surface area is 151 Å². The number of thiophene rings is 1. The van der Waals surface area contributed by atoms with E-state index in [9.17, 15) is 4.79 Å². The van der Waals surface area contributed by atoms with Crippen molar-refractivity contribution in [2.24, 2.45) is 0 Å². The van der Waals surface area contributed by atoms with Crippen LogP contribution in [0, 0.1) is 27.7 Å². The largest absolute Gasteiger partial charge is 0.350 e. The van der Waals surface area contributed by atoms with Crippen molar-refractivity contribution in [2.45, 2.75) is 27.7 Å². The molecule has 0 aliphatic rings. The van der Waals surface area contributed by atoms with Crippen molar-refractivity contribution in [2.75, 3.05) is 23.8 Å². The number of nitrogens with one attached hydrogen (secondary N) is 1. The Balaban J connectivity index is 1.82. The maximum atomic E-state index is 12.5. The van der Waals surface area contributed by atoms with Gasteiger partial charge in [-0.2, -0.15) is 0 Å². The zero-order valence-electron chi connectivity index (χ0n) is 15.2. The van der Waals surface area contributed by atoms with Crippen LogP contribution in [-0.4, -0.2) is 29.5 Å². The van der Waals surface area contributed by atoms with Gasteiger partial charge in [0.2, 0.25) is 5.91 Å². The van der Waals surface area contributed by atoms with Crippen LogP contribution in [0.15, 0.2) is 24.5 Å². The van der Waals surface area contributed by atoms with E-state index in [0.29, 0.717) is 0 Å². The second kappa shape index (κ2) is 6.80. The van der Waals surface area contributed by atoms with Crippen molar-refractivity contribution in [3.05, 3.63) is 46.1 Å². The third kappa shape index (κ3) is 3.35. The topological polar surface area (TPSA) is 58.1 Å². The minimum Gasteiger partial charge on any atom is -0.350 e. The van der Waals surface area contributed by atoms with Crippen molar-refractivity contribution in [3.8, 4) is 0 Å². The maximum Gasteiger partial charge on any atom is 0.243 e. The van der Waals surface area contributed by atoms with Gasteiger partial charge in [-0.25, -0.2) is 9.97 Å². The average Bonchev–Trinajstić information content (AvgIpc) is 2.86. The number of aromatic nitrogens is 2. The van der Waals surface area contributed by atoms with Crippen LogP contribution in [0.2, 0.25) is 0 Å². The first kappa shape index (κ1) is 17.4. The highest BCUT2D eigenvalue weighted by Gasteiger charge is 2.17. The Morgan fingerprint density at radius 2 is 1.92 bits per heavy atom. The van der Waals surface area contributed by atoms with Crippen molar-refractivity contribution in [1.82, 2.24) is 9.97 Å². The molecule has 0 radical (unpaired) electrons. The zero-order valence-corrected chi connectivity index (χ0v) is 16.0. The summed E-state index contributed by atoms with van der Waals surface area (Å²) in [5.41, 5.74) is 4.28. The number of likely N-dealkylation sites (N-methyl/N-ethyl adjacent to an activating group) is 1. The van der Waals surface area contributed by atoms with Crippen LogP contribution in [0.25, 0.3) is 10.2 Å². The molecule has 0 saturated heterocycles. The lowest BCUT2D eigenvalue weighted by Crippen LogP contribution is -2.31. The summed E-state index contributed by atoms with van der Waals surface area (Å²) >= 11 is 1.66. The van der Waals surface area contributed by atoms with E-state index in [2.05, 4.69) is 29.1 Å². The molecule has 25 heavy (non-hydrogen) atoms. The van der Waals surface area contributed by atoms with E-state index in [1.54, 1.807) is 17.7 Å². The minimum atomic E-state index is -0.0624. The molecule has 1 N–H and O–H groups in total. The van der Waals surface area contributed by atoms with Crippen molar-refractivity contribution >= 4 is 39.0 Å². The van der Waals surface area contributed by atoms with Gasteiger partial charge < -0.3 is 10.2 Å². The third-order valence-electron chi connectivity index (χ3n) is 4.57. The molecular formula is C19H22N4OS. The molecule has 3 aromatic rings. The molecule has 1 aromatic carbocycles. The molecular weight excluding hydrogens is 332 g/mol. The Hall–Kier alpha value is -2.47. The minimum absolute atomic E-state index is 0.0624. The molecule has 2 heterocycles. The Morgan fingerprint density at radius 3 is 2.68 bits per heavy atom. The fourth-order valence-corrected chi connectivity index (χ4v) is 3.81. The van der Waals surface area contributed by atoms with Crippen molar-refractivity contribution < 1.29 is 4.79 Å². The highest BCUT2D eigenvalue weighted by molar-refractivity contribution is 7.18. The van der Waals surface area contributed by atoms with E-state index >= 15 is 0 Å². The van der Waals surface area contributed by atoms with Crippen LogP contribution >= 0.6 is 11.3 Å². The quantitative estimate of drug-likeness (QED) is 0.769. The fourth-order valence-electron chi connectivity index (χ4n) is 2.82. The summed E-state index contributed by atoms with van der Waals surface area (Å²) in [7, 11) is 1.89. The molecule has 0 saturated carbocycles. The predicted molar refractivity (Wildman–Crippen MR) is 105 cm³/mol. The van der Waals surface area contributed by atoms with E-state index in [1.165, 1.54) is 10.4 Å². The second-order valence-electron chi connectivity index (χ2n) is 6.31. The number of hydrogen-bond acceptors (Lipinski definition) is 5. The van der Waals surface area contributed by atoms with Crippen LogP contribution in [0.4, 0.5) is 11.5 Å². The highest BCUT2D eigenvalue weighted by atomic mass is 32.1. The lowest BCUT2D eigenvalue weighted by Gasteiger charge is -2.19. The van der Waals surface area contributed by atoms with E-state index in [-0.39, 0.29) is 12.5 Å². The van der Waals surface area contributed by atoms with E-state index in [1.807, 2.05) is 44.0 Å². The summed E-state index contributed by atoms with van der Waals surface area (Å²) in [4.78, 5) is 25.3. The standard InChI is InChI=1S/C19H22N4OS/c1-11-7-6-8-15(12(11)2)22-16(24)9-23(5)18-17-13(3)14(4)25-19(17)21-10-20-18/h6-8,10H,9H2,1-5H3,(H,22,24). The van der Waals surface area contributed by atoms with Crippen LogP contribution in [0.5, 0.6) is 0 Å². The van der Waals surface area contributed by atoms with Gasteiger partial charge in [0.15, 0.2) is 0 Å². The van der Waals surface area contributed by atoms with Gasteiger partial charge in [-0.05, 0) is 50.5 Å². The summed E-state index contributed by atoms with van der Waals surface area (Å²) in [6.45, 7) is 8.44. The molecule has 0 unspecified atom stereocenters. The number of hydrogen-bond donors (Lipinski definition) is 1. The van der Waals surface area contributed by atoms with Crippen LogP contribution < -0.4 is 10.2 Å². The van der Waals surface area contributed by atoms with Gasteiger partial charge >= 0.3 is 0 Å². The number of amides is 1. The Bertz CT molecular complexity index is 948. The van der Waals surface area contributed by atoms with Gasteiger partial charge in [0.25, 0.3) is 0 Å². The van der Waals surface area contributed by atoms with E-state index in [4.69, 9.17) is 0 Å². The zero-order chi connectivity index (χ0) is 18.1. The summed E-state index contributed by atoms with van der Waals surface area (Å²) < 4.78 is 0. The summed E-state index contributed by atoms with van der Waals surface area (Å²) in [6, 6.07) is 5.92. The number of aryl methyl sites for hydroxylation is 3. The first-order chi connectivity index (χ1) is 11.9. The summed E-state index contributed by atoms with van der Waals surface area (Å²) in [5, 5.41) is 4.03.